The Morgan fingerprint density at radius 3 is 2.70 bits per heavy atom. The van der Waals surface area contributed by atoms with Crippen molar-refractivity contribution < 1.29 is 13.2 Å². The van der Waals surface area contributed by atoms with Gasteiger partial charge < -0.3 is 10.3 Å². The molecule has 0 unspecified atom stereocenters. The predicted molar refractivity (Wildman–Crippen MR) is 80.6 cm³/mol. The molecule has 1 aliphatic heterocycles. The lowest BCUT2D eigenvalue weighted by atomic mass is 10.1. The van der Waals surface area contributed by atoms with Crippen LogP contribution in [0.15, 0.2) is 36.7 Å². The SMILES string of the molecule is FC(F)(F)c1ccc(CN2CC[C@@H](NCc3ncc[nH]3)C2)cc1. The lowest BCUT2D eigenvalue weighted by Crippen LogP contribution is -2.32. The average molecular weight is 324 g/mol. The molecule has 2 aromatic rings. The summed E-state index contributed by atoms with van der Waals surface area (Å²) in [7, 11) is 0. The van der Waals surface area contributed by atoms with Crippen LogP contribution in [-0.2, 0) is 19.3 Å². The molecule has 0 radical (unpaired) electrons. The molecule has 0 spiro atoms. The fourth-order valence-electron chi connectivity index (χ4n) is 2.84. The quantitative estimate of drug-likeness (QED) is 0.889. The van der Waals surface area contributed by atoms with E-state index in [4.69, 9.17) is 0 Å². The highest BCUT2D eigenvalue weighted by atomic mass is 19.4. The molecule has 7 heteroatoms. The van der Waals surface area contributed by atoms with Gasteiger partial charge in [0.2, 0.25) is 0 Å². The second-order valence-corrected chi connectivity index (χ2v) is 5.83. The largest absolute Gasteiger partial charge is 0.416 e. The van der Waals surface area contributed by atoms with Gasteiger partial charge in [-0.2, -0.15) is 13.2 Å². The van der Waals surface area contributed by atoms with Crippen molar-refractivity contribution in [1.29, 1.82) is 0 Å². The number of likely N-dealkylation sites (tertiary alicyclic amines) is 1. The molecule has 2 N–H and O–H groups in total. The van der Waals surface area contributed by atoms with Gasteiger partial charge in [0.15, 0.2) is 0 Å². The van der Waals surface area contributed by atoms with Gasteiger partial charge in [0, 0.05) is 38.1 Å². The first-order chi connectivity index (χ1) is 11.0. The number of hydrogen-bond donors (Lipinski definition) is 2. The van der Waals surface area contributed by atoms with Crippen molar-refractivity contribution in [2.24, 2.45) is 0 Å². The number of hydrogen-bond acceptors (Lipinski definition) is 3. The summed E-state index contributed by atoms with van der Waals surface area (Å²) >= 11 is 0. The van der Waals surface area contributed by atoms with E-state index in [1.54, 1.807) is 24.5 Å². The highest BCUT2D eigenvalue weighted by Gasteiger charge is 2.30. The number of aromatic nitrogens is 2. The Hall–Kier alpha value is -1.86. The zero-order chi connectivity index (χ0) is 16.3. The lowest BCUT2D eigenvalue weighted by molar-refractivity contribution is -0.137. The van der Waals surface area contributed by atoms with Crippen molar-refractivity contribution in [3.8, 4) is 0 Å². The van der Waals surface area contributed by atoms with Crippen LogP contribution in [0.2, 0.25) is 0 Å². The molecule has 0 bridgehead atoms. The van der Waals surface area contributed by atoms with Crippen molar-refractivity contribution in [3.05, 3.63) is 53.6 Å². The summed E-state index contributed by atoms with van der Waals surface area (Å²) in [6.45, 7) is 3.21. The molecule has 1 saturated heterocycles. The third-order valence-corrected chi connectivity index (χ3v) is 4.07. The average Bonchev–Trinajstić information content (AvgIpc) is 3.16. The van der Waals surface area contributed by atoms with Gasteiger partial charge in [-0.25, -0.2) is 4.98 Å². The lowest BCUT2D eigenvalue weighted by Gasteiger charge is -2.17. The molecule has 1 fully saturated rings. The van der Waals surface area contributed by atoms with Crippen LogP contribution < -0.4 is 5.32 Å². The number of rotatable bonds is 5. The van der Waals surface area contributed by atoms with Crippen LogP contribution in [0.3, 0.4) is 0 Å². The summed E-state index contributed by atoms with van der Waals surface area (Å²) in [4.78, 5) is 9.47. The summed E-state index contributed by atoms with van der Waals surface area (Å²) in [5.74, 6) is 0.909. The van der Waals surface area contributed by atoms with E-state index < -0.39 is 11.7 Å². The highest BCUT2D eigenvalue weighted by Crippen LogP contribution is 2.29. The van der Waals surface area contributed by atoms with Gasteiger partial charge in [0.25, 0.3) is 0 Å². The van der Waals surface area contributed by atoms with Crippen LogP contribution >= 0.6 is 0 Å². The topological polar surface area (TPSA) is 44.0 Å². The Morgan fingerprint density at radius 1 is 1.26 bits per heavy atom. The minimum atomic E-state index is -4.27. The van der Waals surface area contributed by atoms with Crippen molar-refractivity contribution in [3.63, 3.8) is 0 Å². The minimum Gasteiger partial charge on any atom is -0.348 e. The number of imidazole rings is 1. The second-order valence-electron chi connectivity index (χ2n) is 5.83. The molecule has 3 rings (SSSR count). The summed E-state index contributed by atoms with van der Waals surface area (Å²) in [5, 5.41) is 3.44. The van der Waals surface area contributed by atoms with Crippen LogP contribution in [-0.4, -0.2) is 34.0 Å². The summed E-state index contributed by atoms with van der Waals surface area (Å²) in [5.41, 5.74) is 0.311. The number of benzene rings is 1. The van der Waals surface area contributed by atoms with Crippen LogP contribution in [0.4, 0.5) is 13.2 Å². The van der Waals surface area contributed by atoms with Gasteiger partial charge in [-0.3, -0.25) is 4.90 Å². The van der Waals surface area contributed by atoms with E-state index in [0.717, 1.165) is 43.0 Å². The smallest absolute Gasteiger partial charge is 0.348 e. The summed E-state index contributed by atoms with van der Waals surface area (Å²) in [6.07, 6.45) is 0.277. The normalized spacial score (nSPS) is 19.3. The van der Waals surface area contributed by atoms with Crippen molar-refractivity contribution in [2.75, 3.05) is 13.1 Å². The molecule has 4 nitrogen and oxygen atoms in total. The zero-order valence-electron chi connectivity index (χ0n) is 12.6. The maximum absolute atomic E-state index is 12.6. The molecule has 2 heterocycles. The number of alkyl halides is 3. The molecule has 0 amide bonds. The summed E-state index contributed by atoms with van der Waals surface area (Å²) in [6, 6.07) is 5.81. The number of nitrogens with one attached hydrogen (secondary N) is 2. The number of H-pyrrole nitrogens is 1. The van der Waals surface area contributed by atoms with Crippen molar-refractivity contribution in [2.45, 2.75) is 31.7 Å². The van der Waals surface area contributed by atoms with Crippen molar-refractivity contribution in [1.82, 2.24) is 20.2 Å². The Labute approximate surface area is 132 Å². The number of halogens is 3. The molecular weight excluding hydrogens is 305 g/mol. The first kappa shape index (κ1) is 16.0. The first-order valence-corrected chi connectivity index (χ1v) is 7.61. The van der Waals surface area contributed by atoms with Gasteiger partial charge in [0.1, 0.15) is 5.82 Å². The predicted octanol–water partition coefficient (Wildman–Crippen LogP) is 2.79. The van der Waals surface area contributed by atoms with Crippen LogP contribution in [0, 0.1) is 0 Å². The van der Waals surface area contributed by atoms with E-state index >= 15 is 0 Å². The van der Waals surface area contributed by atoms with E-state index in [2.05, 4.69) is 20.2 Å². The maximum Gasteiger partial charge on any atom is 0.416 e. The van der Waals surface area contributed by atoms with Gasteiger partial charge in [-0.05, 0) is 24.1 Å². The molecular formula is C16H19F3N4. The molecule has 1 atom stereocenters. The fourth-order valence-corrected chi connectivity index (χ4v) is 2.84. The van der Waals surface area contributed by atoms with E-state index in [-0.39, 0.29) is 0 Å². The third-order valence-electron chi connectivity index (χ3n) is 4.07. The zero-order valence-corrected chi connectivity index (χ0v) is 12.6. The first-order valence-electron chi connectivity index (χ1n) is 7.61. The summed E-state index contributed by atoms with van der Waals surface area (Å²) < 4.78 is 37.7. The second kappa shape index (κ2) is 6.72. The Morgan fingerprint density at radius 2 is 2.04 bits per heavy atom. The van der Waals surface area contributed by atoms with Gasteiger partial charge in [-0.15, -0.1) is 0 Å². The van der Waals surface area contributed by atoms with Crippen LogP contribution in [0.1, 0.15) is 23.4 Å². The minimum absolute atomic E-state index is 0.384. The van der Waals surface area contributed by atoms with E-state index in [1.165, 1.54) is 0 Å². The molecule has 0 aliphatic carbocycles. The third kappa shape index (κ3) is 4.33. The maximum atomic E-state index is 12.6. The Kier molecular flexibility index (Phi) is 4.68. The molecule has 124 valence electrons. The fraction of sp³-hybridized carbons (Fsp3) is 0.438. The molecule has 1 aromatic carbocycles. The Balaban J connectivity index is 1.48. The van der Waals surface area contributed by atoms with E-state index in [0.29, 0.717) is 19.1 Å². The molecule has 0 saturated carbocycles. The number of nitrogens with zero attached hydrogens (tertiary/aromatic N) is 2. The number of aromatic amines is 1. The monoisotopic (exact) mass is 324 g/mol. The Bertz CT molecular complexity index is 607. The van der Waals surface area contributed by atoms with E-state index in [1.807, 2.05) is 0 Å². The standard InChI is InChI=1S/C16H19F3N4/c17-16(18,19)13-3-1-12(2-4-13)10-23-8-5-14(11-23)22-9-15-20-6-7-21-15/h1-4,6-7,14,22H,5,8-11H2,(H,20,21)/t14-/m1/s1. The molecule has 1 aliphatic rings. The van der Waals surface area contributed by atoms with Crippen LogP contribution in [0.25, 0.3) is 0 Å². The van der Waals surface area contributed by atoms with Gasteiger partial charge in [0.05, 0.1) is 12.1 Å². The van der Waals surface area contributed by atoms with Gasteiger partial charge in [-0.1, -0.05) is 12.1 Å². The van der Waals surface area contributed by atoms with Crippen LogP contribution in [0.5, 0.6) is 0 Å². The molecule has 1 aromatic heterocycles. The highest BCUT2D eigenvalue weighted by molar-refractivity contribution is 5.24. The van der Waals surface area contributed by atoms with Gasteiger partial charge >= 0.3 is 6.18 Å². The molecule has 23 heavy (non-hydrogen) atoms. The van der Waals surface area contributed by atoms with Crippen molar-refractivity contribution >= 4 is 0 Å². The van der Waals surface area contributed by atoms with E-state index in [9.17, 15) is 13.2 Å².